The number of nitrogens with one attached hydrogen (secondary N) is 1. The van der Waals surface area contributed by atoms with E-state index in [0.717, 1.165) is 13.0 Å². The summed E-state index contributed by atoms with van der Waals surface area (Å²) < 4.78 is 2.19. The topological polar surface area (TPSA) is 29.9 Å². The summed E-state index contributed by atoms with van der Waals surface area (Å²) in [7, 11) is 4.14. The van der Waals surface area contributed by atoms with E-state index in [0.29, 0.717) is 11.3 Å². The van der Waals surface area contributed by atoms with Crippen LogP contribution in [-0.2, 0) is 13.5 Å². The van der Waals surface area contributed by atoms with Crippen molar-refractivity contribution >= 4 is 0 Å². The molecule has 1 atom stereocenters. The molecule has 0 fully saturated rings. The Hall–Kier alpha value is -0.830. The molecule has 1 aliphatic rings. The minimum atomic E-state index is 0.379. The van der Waals surface area contributed by atoms with Crippen LogP contribution in [0.4, 0.5) is 0 Å². The van der Waals surface area contributed by atoms with Gasteiger partial charge in [0.05, 0.1) is 12.0 Å². The lowest BCUT2D eigenvalue weighted by atomic mass is 9.69. The fraction of sp³-hybridized carbons (Fsp3) is 0.750. The molecule has 3 heteroatoms. The minimum absolute atomic E-state index is 0.379. The zero-order valence-corrected chi connectivity index (χ0v) is 10.2. The molecular weight excluding hydrogens is 186 g/mol. The van der Waals surface area contributed by atoms with E-state index in [9.17, 15) is 0 Å². The molecule has 0 radical (unpaired) electrons. The van der Waals surface area contributed by atoms with Crippen molar-refractivity contribution in [3.8, 4) is 0 Å². The number of likely N-dealkylation sites (N-methyl/N-ethyl adjacent to an activating group) is 1. The molecule has 1 aliphatic carbocycles. The molecule has 3 nitrogen and oxygen atoms in total. The molecule has 1 unspecified atom stereocenters. The lowest BCUT2D eigenvalue weighted by Gasteiger charge is -2.38. The van der Waals surface area contributed by atoms with Gasteiger partial charge in [-0.2, -0.15) is 0 Å². The maximum atomic E-state index is 4.49. The summed E-state index contributed by atoms with van der Waals surface area (Å²) in [6.45, 7) is 5.77. The SMILES string of the molecule is CNCC1c2c(ncn2C)CCC1(C)C. The molecular formula is C12H21N3. The Morgan fingerprint density at radius 3 is 3.00 bits per heavy atom. The van der Waals surface area contributed by atoms with Gasteiger partial charge in [-0.1, -0.05) is 13.8 Å². The largest absolute Gasteiger partial charge is 0.337 e. The Kier molecular flexibility index (Phi) is 2.59. The Balaban J connectivity index is 2.42. The molecule has 1 aromatic heterocycles. The highest BCUT2D eigenvalue weighted by Crippen LogP contribution is 2.43. The van der Waals surface area contributed by atoms with Crippen molar-refractivity contribution in [2.45, 2.75) is 32.6 Å². The summed E-state index contributed by atoms with van der Waals surface area (Å²) in [6.07, 6.45) is 4.32. The molecule has 0 aromatic carbocycles. The molecule has 84 valence electrons. The average molecular weight is 207 g/mol. The number of nitrogens with zero attached hydrogens (tertiary/aromatic N) is 2. The second-order valence-corrected chi connectivity index (χ2v) is 5.29. The highest BCUT2D eigenvalue weighted by molar-refractivity contribution is 5.25. The van der Waals surface area contributed by atoms with Gasteiger partial charge in [0.2, 0.25) is 0 Å². The van der Waals surface area contributed by atoms with E-state index in [1.165, 1.54) is 17.8 Å². The predicted molar refractivity (Wildman–Crippen MR) is 62.0 cm³/mol. The fourth-order valence-corrected chi connectivity index (χ4v) is 2.69. The number of fused-ring (bicyclic) bond motifs is 1. The van der Waals surface area contributed by atoms with Crippen molar-refractivity contribution in [2.75, 3.05) is 13.6 Å². The Labute approximate surface area is 91.9 Å². The van der Waals surface area contributed by atoms with Gasteiger partial charge >= 0.3 is 0 Å². The van der Waals surface area contributed by atoms with Gasteiger partial charge in [-0.3, -0.25) is 0 Å². The first-order chi connectivity index (χ1) is 7.06. The third kappa shape index (κ3) is 1.69. The predicted octanol–water partition coefficient (Wildman–Crippen LogP) is 1.70. The monoisotopic (exact) mass is 207 g/mol. The number of rotatable bonds is 2. The first-order valence-electron chi connectivity index (χ1n) is 5.71. The first kappa shape index (κ1) is 10.7. The quantitative estimate of drug-likeness (QED) is 0.800. The van der Waals surface area contributed by atoms with Crippen molar-refractivity contribution in [3.63, 3.8) is 0 Å². The van der Waals surface area contributed by atoms with E-state index in [1.54, 1.807) is 0 Å². The second-order valence-electron chi connectivity index (χ2n) is 5.29. The standard InChI is InChI=1S/C12H21N3/c1-12(2)6-5-10-11(9(12)7-13-3)15(4)8-14-10/h8-9,13H,5-7H2,1-4H3. The molecule has 0 saturated carbocycles. The van der Waals surface area contributed by atoms with Gasteiger partial charge in [0.25, 0.3) is 0 Å². The zero-order valence-electron chi connectivity index (χ0n) is 10.2. The van der Waals surface area contributed by atoms with Gasteiger partial charge in [0.1, 0.15) is 0 Å². The third-order valence-electron chi connectivity index (χ3n) is 3.75. The smallest absolute Gasteiger partial charge is 0.0949 e. The Morgan fingerprint density at radius 2 is 2.33 bits per heavy atom. The number of hydrogen-bond donors (Lipinski definition) is 1. The summed E-state index contributed by atoms with van der Waals surface area (Å²) in [5, 5.41) is 3.31. The fourth-order valence-electron chi connectivity index (χ4n) is 2.69. The molecule has 1 heterocycles. The van der Waals surface area contributed by atoms with E-state index in [2.05, 4.69) is 35.8 Å². The van der Waals surface area contributed by atoms with Crippen LogP contribution in [0.5, 0.6) is 0 Å². The number of hydrogen-bond acceptors (Lipinski definition) is 2. The molecule has 1 aromatic rings. The third-order valence-corrected chi connectivity index (χ3v) is 3.75. The molecule has 0 saturated heterocycles. The van der Waals surface area contributed by atoms with Gasteiger partial charge in [0.15, 0.2) is 0 Å². The Bertz CT molecular complexity index is 352. The van der Waals surface area contributed by atoms with Gasteiger partial charge in [0, 0.05) is 25.2 Å². The number of aryl methyl sites for hydroxylation is 2. The van der Waals surface area contributed by atoms with Crippen LogP contribution < -0.4 is 5.32 Å². The van der Waals surface area contributed by atoms with E-state index in [4.69, 9.17) is 0 Å². The summed E-state index contributed by atoms with van der Waals surface area (Å²) >= 11 is 0. The van der Waals surface area contributed by atoms with Crippen LogP contribution in [0.1, 0.15) is 37.6 Å². The summed E-state index contributed by atoms with van der Waals surface area (Å²) in [6, 6.07) is 0. The molecule has 0 amide bonds. The molecule has 2 rings (SSSR count). The minimum Gasteiger partial charge on any atom is -0.337 e. The van der Waals surface area contributed by atoms with Gasteiger partial charge in [-0.25, -0.2) is 4.98 Å². The zero-order chi connectivity index (χ0) is 11.1. The number of aromatic nitrogens is 2. The van der Waals surface area contributed by atoms with Crippen molar-refractivity contribution in [2.24, 2.45) is 12.5 Å². The maximum Gasteiger partial charge on any atom is 0.0949 e. The van der Waals surface area contributed by atoms with Crippen molar-refractivity contribution in [1.82, 2.24) is 14.9 Å². The van der Waals surface area contributed by atoms with Gasteiger partial charge in [-0.15, -0.1) is 0 Å². The summed E-state index contributed by atoms with van der Waals surface area (Å²) in [4.78, 5) is 4.49. The summed E-state index contributed by atoms with van der Waals surface area (Å²) in [5.41, 5.74) is 3.11. The van der Waals surface area contributed by atoms with Crippen molar-refractivity contribution in [1.29, 1.82) is 0 Å². The Morgan fingerprint density at radius 1 is 1.60 bits per heavy atom. The lowest BCUT2D eigenvalue weighted by molar-refractivity contribution is 0.232. The number of imidazole rings is 1. The van der Waals surface area contributed by atoms with Gasteiger partial charge in [-0.05, 0) is 25.3 Å². The van der Waals surface area contributed by atoms with Gasteiger partial charge < -0.3 is 9.88 Å². The highest BCUT2D eigenvalue weighted by atomic mass is 15.0. The van der Waals surface area contributed by atoms with E-state index in [-0.39, 0.29) is 0 Å². The van der Waals surface area contributed by atoms with Crippen LogP contribution in [0.3, 0.4) is 0 Å². The average Bonchev–Trinajstić information content (AvgIpc) is 2.53. The molecule has 0 spiro atoms. The van der Waals surface area contributed by atoms with Crippen molar-refractivity contribution < 1.29 is 0 Å². The lowest BCUT2D eigenvalue weighted by Crippen LogP contribution is -2.35. The van der Waals surface area contributed by atoms with Crippen LogP contribution >= 0.6 is 0 Å². The van der Waals surface area contributed by atoms with Crippen LogP contribution in [0.15, 0.2) is 6.33 Å². The van der Waals surface area contributed by atoms with E-state index >= 15 is 0 Å². The van der Waals surface area contributed by atoms with Crippen molar-refractivity contribution in [3.05, 3.63) is 17.7 Å². The van der Waals surface area contributed by atoms with Crippen LogP contribution in [0, 0.1) is 5.41 Å². The molecule has 0 aliphatic heterocycles. The maximum absolute atomic E-state index is 4.49. The highest BCUT2D eigenvalue weighted by Gasteiger charge is 2.37. The van der Waals surface area contributed by atoms with E-state index < -0.39 is 0 Å². The first-order valence-corrected chi connectivity index (χ1v) is 5.71. The second kappa shape index (κ2) is 3.63. The van der Waals surface area contributed by atoms with Crippen LogP contribution in [-0.4, -0.2) is 23.1 Å². The normalized spacial score (nSPS) is 23.9. The van der Waals surface area contributed by atoms with Crippen LogP contribution in [0.25, 0.3) is 0 Å². The molecule has 0 bridgehead atoms. The molecule has 15 heavy (non-hydrogen) atoms. The summed E-state index contributed by atoms with van der Waals surface area (Å²) in [5.74, 6) is 0.582. The van der Waals surface area contributed by atoms with Crippen LogP contribution in [0.2, 0.25) is 0 Å². The van der Waals surface area contributed by atoms with E-state index in [1.807, 2.05) is 13.4 Å². The molecule has 1 N–H and O–H groups in total.